The van der Waals surface area contributed by atoms with Gasteiger partial charge < -0.3 is 9.84 Å². The van der Waals surface area contributed by atoms with Crippen LogP contribution in [0.2, 0.25) is 0 Å². The van der Waals surface area contributed by atoms with Crippen molar-refractivity contribution < 1.29 is 14.6 Å². The Morgan fingerprint density at radius 3 is 2.55 bits per heavy atom. The zero-order valence-electron chi connectivity index (χ0n) is 10.8. The number of carbonyl (C=O) groups excluding carboxylic acids is 1. The molecule has 0 atom stereocenters. The third-order valence-electron chi connectivity index (χ3n) is 2.77. The summed E-state index contributed by atoms with van der Waals surface area (Å²) in [7, 11) is 1.51. The summed E-state index contributed by atoms with van der Waals surface area (Å²) in [5.41, 5.74) is 1.13. The largest absolute Gasteiger partial charge is 0.507 e. The lowest BCUT2D eigenvalue weighted by Gasteiger charge is -2.04. The molecule has 0 aromatic heterocycles. The summed E-state index contributed by atoms with van der Waals surface area (Å²) in [5.74, 6) is 0.198. The maximum absolute atomic E-state index is 12.1. The van der Waals surface area contributed by atoms with Crippen molar-refractivity contribution in [3.8, 4) is 11.5 Å². The molecule has 0 aliphatic heterocycles. The summed E-state index contributed by atoms with van der Waals surface area (Å²) in [5, 5.41) is 9.72. The van der Waals surface area contributed by atoms with Crippen molar-refractivity contribution >= 4 is 27.8 Å². The van der Waals surface area contributed by atoms with Crippen LogP contribution in [0.3, 0.4) is 0 Å². The second kappa shape index (κ2) is 6.39. The predicted molar refractivity (Wildman–Crippen MR) is 82.2 cm³/mol. The van der Waals surface area contributed by atoms with Gasteiger partial charge in [-0.2, -0.15) is 0 Å². The topological polar surface area (TPSA) is 46.5 Å². The zero-order valence-corrected chi connectivity index (χ0v) is 12.4. The van der Waals surface area contributed by atoms with E-state index in [1.807, 2.05) is 24.3 Å². The normalized spacial score (nSPS) is 10.7. The lowest BCUT2D eigenvalue weighted by atomic mass is 10.1. The molecule has 0 amide bonds. The molecule has 2 rings (SSSR count). The van der Waals surface area contributed by atoms with Gasteiger partial charge in [0.15, 0.2) is 5.78 Å². The molecule has 0 saturated carbocycles. The molecular weight excluding hydrogens is 320 g/mol. The zero-order chi connectivity index (χ0) is 14.5. The Balaban J connectivity index is 2.21. The maximum atomic E-state index is 12.1. The Morgan fingerprint density at radius 1 is 1.20 bits per heavy atom. The van der Waals surface area contributed by atoms with Crippen molar-refractivity contribution in [2.24, 2.45) is 0 Å². The van der Waals surface area contributed by atoms with E-state index in [1.54, 1.807) is 12.1 Å². The number of benzene rings is 2. The summed E-state index contributed by atoms with van der Waals surface area (Å²) in [6, 6.07) is 12.1. The summed E-state index contributed by atoms with van der Waals surface area (Å²) in [6.45, 7) is 0. The number of ketones is 1. The Labute approximate surface area is 125 Å². The highest BCUT2D eigenvalue weighted by molar-refractivity contribution is 9.10. The van der Waals surface area contributed by atoms with Crippen LogP contribution in [0.25, 0.3) is 6.08 Å². The van der Waals surface area contributed by atoms with Gasteiger partial charge in [0.1, 0.15) is 11.5 Å². The van der Waals surface area contributed by atoms with Gasteiger partial charge in [0.05, 0.1) is 12.7 Å². The van der Waals surface area contributed by atoms with E-state index in [4.69, 9.17) is 4.74 Å². The van der Waals surface area contributed by atoms with E-state index in [0.717, 1.165) is 10.0 Å². The van der Waals surface area contributed by atoms with Crippen LogP contribution in [0.1, 0.15) is 15.9 Å². The minimum atomic E-state index is -0.274. The number of methoxy groups -OCH3 is 1. The van der Waals surface area contributed by atoms with E-state index < -0.39 is 0 Å². The van der Waals surface area contributed by atoms with E-state index in [2.05, 4.69) is 15.9 Å². The number of ether oxygens (including phenoxy) is 1. The maximum Gasteiger partial charge on any atom is 0.189 e. The lowest BCUT2D eigenvalue weighted by molar-refractivity contribution is 0.104. The van der Waals surface area contributed by atoms with Gasteiger partial charge in [-0.05, 0) is 42.0 Å². The van der Waals surface area contributed by atoms with E-state index >= 15 is 0 Å². The van der Waals surface area contributed by atoms with Crippen molar-refractivity contribution in [3.05, 3.63) is 64.1 Å². The fourth-order valence-corrected chi connectivity index (χ4v) is 1.94. The highest BCUT2D eigenvalue weighted by atomic mass is 79.9. The third-order valence-corrected chi connectivity index (χ3v) is 3.30. The van der Waals surface area contributed by atoms with Gasteiger partial charge in [-0.3, -0.25) is 4.79 Å². The fraction of sp³-hybridized carbons (Fsp3) is 0.0625. The van der Waals surface area contributed by atoms with Gasteiger partial charge in [0.25, 0.3) is 0 Å². The first-order valence-corrected chi connectivity index (χ1v) is 6.74. The van der Waals surface area contributed by atoms with Gasteiger partial charge >= 0.3 is 0 Å². The first-order valence-electron chi connectivity index (χ1n) is 5.95. The summed E-state index contributed by atoms with van der Waals surface area (Å²) < 4.78 is 6.02. The Bertz CT molecular complexity index is 645. The molecule has 0 spiro atoms. The van der Waals surface area contributed by atoms with Crippen molar-refractivity contribution in [1.82, 2.24) is 0 Å². The van der Waals surface area contributed by atoms with E-state index in [1.165, 1.54) is 25.3 Å². The molecule has 3 nitrogen and oxygen atoms in total. The molecule has 0 bridgehead atoms. The van der Waals surface area contributed by atoms with E-state index in [0.29, 0.717) is 5.75 Å². The second-order valence-corrected chi connectivity index (χ2v) is 5.05. The van der Waals surface area contributed by atoms with Crippen molar-refractivity contribution in [1.29, 1.82) is 0 Å². The number of carbonyl (C=O) groups is 1. The average Bonchev–Trinajstić information content (AvgIpc) is 2.47. The third kappa shape index (κ3) is 3.48. The van der Waals surface area contributed by atoms with Crippen molar-refractivity contribution in [2.45, 2.75) is 0 Å². The first kappa shape index (κ1) is 14.3. The highest BCUT2D eigenvalue weighted by Gasteiger charge is 2.09. The van der Waals surface area contributed by atoms with Crippen LogP contribution in [0, 0.1) is 0 Å². The molecule has 102 valence electrons. The van der Waals surface area contributed by atoms with Gasteiger partial charge in [-0.25, -0.2) is 0 Å². The first-order chi connectivity index (χ1) is 9.60. The Hall–Kier alpha value is -2.07. The number of phenolic OH excluding ortho intramolecular Hbond substituents is 1. The van der Waals surface area contributed by atoms with Gasteiger partial charge in [0.2, 0.25) is 0 Å². The molecule has 20 heavy (non-hydrogen) atoms. The molecule has 0 fully saturated rings. The molecule has 0 heterocycles. The van der Waals surface area contributed by atoms with Crippen LogP contribution < -0.4 is 4.74 Å². The standard InChI is InChI=1S/C16H13BrO3/c1-20-13-7-9-16(19)14(10-13)15(18)8-4-11-2-5-12(17)6-3-11/h2-10,19H,1H3/b8-4+. The summed E-state index contributed by atoms with van der Waals surface area (Å²) >= 11 is 3.35. The molecule has 0 aliphatic rings. The Kier molecular flexibility index (Phi) is 4.58. The van der Waals surface area contributed by atoms with Crippen molar-refractivity contribution in [3.63, 3.8) is 0 Å². The summed E-state index contributed by atoms with van der Waals surface area (Å²) in [4.78, 5) is 12.1. The monoisotopic (exact) mass is 332 g/mol. The molecule has 0 unspecified atom stereocenters. The van der Waals surface area contributed by atoms with Crippen molar-refractivity contribution in [2.75, 3.05) is 7.11 Å². The smallest absolute Gasteiger partial charge is 0.189 e. The van der Waals surface area contributed by atoms with Crippen LogP contribution in [-0.4, -0.2) is 18.0 Å². The Morgan fingerprint density at radius 2 is 1.90 bits per heavy atom. The second-order valence-electron chi connectivity index (χ2n) is 4.13. The molecule has 2 aromatic rings. The number of phenols is 1. The molecular formula is C16H13BrO3. The van der Waals surface area contributed by atoms with Gasteiger partial charge in [-0.1, -0.05) is 34.1 Å². The summed E-state index contributed by atoms with van der Waals surface area (Å²) in [6.07, 6.45) is 3.13. The highest BCUT2D eigenvalue weighted by Crippen LogP contribution is 2.23. The van der Waals surface area contributed by atoms with E-state index in [9.17, 15) is 9.90 Å². The van der Waals surface area contributed by atoms with Gasteiger partial charge in [-0.15, -0.1) is 0 Å². The predicted octanol–water partition coefficient (Wildman–Crippen LogP) is 4.06. The van der Waals surface area contributed by atoms with Crippen LogP contribution in [0.15, 0.2) is 53.0 Å². The minimum Gasteiger partial charge on any atom is -0.507 e. The molecule has 1 N–H and O–H groups in total. The molecule has 0 saturated heterocycles. The van der Waals surface area contributed by atoms with Crippen LogP contribution >= 0.6 is 15.9 Å². The van der Waals surface area contributed by atoms with Crippen LogP contribution in [-0.2, 0) is 0 Å². The number of aromatic hydroxyl groups is 1. The van der Waals surface area contributed by atoms with E-state index in [-0.39, 0.29) is 17.1 Å². The number of hydrogen-bond donors (Lipinski definition) is 1. The number of halogens is 1. The lowest BCUT2D eigenvalue weighted by Crippen LogP contribution is -1.96. The fourth-order valence-electron chi connectivity index (χ4n) is 1.68. The minimum absolute atomic E-state index is 0.0590. The van der Waals surface area contributed by atoms with Crippen LogP contribution in [0.4, 0.5) is 0 Å². The SMILES string of the molecule is COc1ccc(O)c(C(=O)/C=C/c2ccc(Br)cc2)c1. The molecule has 0 aliphatic carbocycles. The number of allylic oxidation sites excluding steroid dienone is 1. The molecule has 4 heteroatoms. The van der Waals surface area contributed by atoms with Gasteiger partial charge in [0, 0.05) is 4.47 Å². The molecule has 2 aromatic carbocycles. The number of hydrogen-bond acceptors (Lipinski definition) is 3. The number of rotatable bonds is 4. The average molecular weight is 333 g/mol. The van der Waals surface area contributed by atoms with Crippen LogP contribution in [0.5, 0.6) is 11.5 Å². The quantitative estimate of drug-likeness (QED) is 0.678. The molecule has 0 radical (unpaired) electrons.